The highest BCUT2D eigenvalue weighted by Gasteiger charge is 2.33. The van der Waals surface area contributed by atoms with Crippen molar-refractivity contribution in [2.24, 2.45) is 0 Å². The van der Waals surface area contributed by atoms with Gasteiger partial charge in [-0.3, -0.25) is 10.00 Å². The zero-order valence-electron chi connectivity index (χ0n) is 18.8. The average molecular weight is 479 g/mol. The predicted molar refractivity (Wildman–Crippen MR) is 137 cm³/mol. The van der Waals surface area contributed by atoms with Crippen LogP contribution in [0.1, 0.15) is 17.2 Å². The fraction of sp³-hybridized carbons (Fsp3) is 0.192. The Hall–Kier alpha value is -3.97. The largest absolute Gasteiger partial charge is 0.314 e. The molecule has 5 aromatic rings. The van der Waals surface area contributed by atoms with Crippen molar-refractivity contribution >= 4 is 27.8 Å². The maximum Gasteiger partial charge on any atom is 0.211 e. The molecule has 2 aromatic carbocycles. The third-order valence-corrected chi connectivity index (χ3v) is 7.64. The van der Waals surface area contributed by atoms with E-state index >= 15 is 0 Å². The van der Waals surface area contributed by atoms with Crippen molar-refractivity contribution < 1.29 is 0 Å². The first-order valence-electron chi connectivity index (χ1n) is 11.4. The molecule has 1 saturated heterocycles. The van der Waals surface area contributed by atoms with Gasteiger partial charge in [-0.25, -0.2) is 9.83 Å². The van der Waals surface area contributed by atoms with Gasteiger partial charge in [-0.15, -0.1) is 11.3 Å². The Morgan fingerprint density at radius 2 is 1.86 bits per heavy atom. The van der Waals surface area contributed by atoms with Gasteiger partial charge in [0.2, 0.25) is 5.69 Å². The van der Waals surface area contributed by atoms with Gasteiger partial charge in [0.1, 0.15) is 6.33 Å². The second kappa shape index (κ2) is 9.35. The Labute approximate surface area is 206 Å². The van der Waals surface area contributed by atoms with Crippen LogP contribution in [0.2, 0.25) is 0 Å². The summed E-state index contributed by atoms with van der Waals surface area (Å²) in [7, 11) is 0. The first-order chi connectivity index (χ1) is 17.3. The van der Waals surface area contributed by atoms with Gasteiger partial charge in [0, 0.05) is 42.2 Å². The van der Waals surface area contributed by atoms with Gasteiger partial charge in [0.05, 0.1) is 29.9 Å². The molecule has 2 N–H and O–H groups in total. The van der Waals surface area contributed by atoms with Crippen LogP contribution in [0.25, 0.3) is 36.8 Å². The van der Waals surface area contributed by atoms with Gasteiger partial charge >= 0.3 is 0 Å². The van der Waals surface area contributed by atoms with Gasteiger partial charge in [0.15, 0.2) is 5.82 Å². The first-order valence-corrected chi connectivity index (χ1v) is 12.3. The van der Waals surface area contributed by atoms with E-state index in [1.165, 1.54) is 17.1 Å². The number of fused-ring (bicyclic) bond motifs is 1. The van der Waals surface area contributed by atoms with Gasteiger partial charge in [-0.05, 0) is 28.5 Å². The molecule has 1 fully saturated rings. The molecule has 6 rings (SSSR count). The van der Waals surface area contributed by atoms with E-state index in [1.807, 2.05) is 6.07 Å². The van der Waals surface area contributed by atoms with Crippen LogP contribution < -0.4 is 5.32 Å². The standard InChI is InChI=1S/C26H22N8S/c1-27-22-21(25(26-29-16-32-33-26)35-24(22)20-8-9-30-31-15-20)23(34-12-10-28-11-13-34)19-7-6-17-4-2-3-5-18(17)14-19/h2-9,14-16,23,28H,10-13H2,(H,29,32,33). The van der Waals surface area contributed by atoms with E-state index in [1.54, 1.807) is 23.7 Å². The van der Waals surface area contributed by atoms with Crippen LogP contribution in [-0.4, -0.2) is 56.5 Å². The minimum atomic E-state index is -0.106. The lowest BCUT2D eigenvalue weighted by Gasteiger charge is -2.36. The molecule has 0 saturated carbocycles. The second-order valence-electron chi connectivity index (χ2n) is 8.39. The first kappa shape index (κ1) is 21.6. The molecule has 0 spiro atoms. The van der Waals surface area contributed by atoms with E-state index in [0.29, 0.717) is 11.5 Å². The summed E-state index contributed by atoms with van der Waals surface area (Å²) in [4.78, 5) is 12.8. The number of thiophene rings is 1. The number of H-pyrrole nitrogens is 1. The molecule has 8 nitrogen and oxygen atoms in total. The number of piperazine rings is 1. The Morgan fingerprint density at radius 1 is 1.00 bits per heavy atom. The monoisotopic (exact) mass is 478 g/mol. The molecule has 0 amide bonds. The third kappa shape index (κ3) is 3.98. The van der Waals surface area contributed by atoms with E-state index in [0.717, 1.165) is 52.6 Å². The summed E-state index contributed by atoms with van der Waals surface area (Å²) in [5, 5.41) is 21.0. The second-order valence-corrected chi connectivity index (χ2v) is 9.42. The SMILES string of the molecule is [C-]#[N+]c1c(-c2ccnnc2)sc(-c2ncn[nH]2)c1C(c1ccc2ccccc2c1)N1CCNCC1. The zero-order chi connectivity index (χ0) is 23.6. The quantitative estimate of drug-likeness (QED) is 0.357. The molecular weight excluding hydrogens is 456 g/mol. The van der Waals surface area contributed by atoms with Crippen molar-refractivity contribution in [2.75, 3.05) is 26.2 Å². The van der Waals surface area contributed by atoms with Gasteiger partial charge < -0.3 is 5.32 Å². The van der Waals surface area contributed by atoms with E-state index in [9.17, 15) is 0 Å². The lowest BCUT2D eigenvalue weighted by Crippen LogP contribution is -2.45. The molecular formula is C26H22N8S. The highest BCUT2D eigenvalue weighted by atomic mass is 32.1. The number of nitrogens with one attached hydrogen (secondary N) is 2. The predicted octanol–water partition coefficient (Wildman–Crippen LogP) is 4.69. The number of nitrogens with zero attached hydrogens (tertiary/aromatic N) is 6. The Bertz CT molecular complexity index is 1500. The van der Waals surface area contributed by atoms with Gasteiger partial charge in [-0.2, -0.15) is 15.3 Å². The van der Waals surface area contributed by atoms with Crippen LogP contribution in [-0.2, 0) is 0 Å². The van der Waals surface area contributed by atoms with E-state index in [4.69, 9.17) is 6.57 Å². The molecule has 4 heterocycles. The maximum atomic E-state index is 8.23. The summed E-state index contributed by atoms with van der Waals surface area (Å²) in [5.41, 5.74) is 3.63. The average Bonchev–Trinajstić information content (AvgIpc) is 3.58. The van der Waals surface area contributed by atoms with Crippen LogP contribution in [0.5, 0.6) is 0 Å². The minimum Gasteiger partial charge on any atom is -0.314 e. The zero-order valence-corrected chi connectivity index (χ0v) is 19.7. The normalized spacial score (nSPS) is 15.2. The summed E-state index contributed by atoms with van der Waals surface area (Å²) >= 11 is 1.55. The molecule has 35 heavy (non-hydrogen) atoms. The molecule has 172 valence electrons. The minimum absolute atomic E-state index is 0.106. The number of hydrogen-bond donors (Lipinski definition) is 2. The third-order valence-electron chi connectivity index (χ3n) is 6.39. The molecule has 1 unspecified atom stereocenters. The fourth-order valence-electron chi connectivity index (χ4n) is 4.79. The van der Waals surface area contributed by atoms with E-state index < -0.39 is 0 Å². The maximum absolute atomic E-state index is 8.23. The smallest absolute Gasteiger partial charge is 0.211 e. The lowest BCUT2D eigenvalue weighted by molar-refractivity contribution is 0.199. The van der Waals surface area contributed by atoms with Crippen LogP contribution >= 0.6 is 11.3 Å². The lowest BCUT2D eigenvalue weighted by atomic mass is 9.92. The topological polar surface area (TPSA) is 87.0 Å². The molecule has 0 radical (unpaired) electrons. The number of rotatable bonds is 5. The molecule has 1 atom stereocenters. The molecule has 0 bridgehead atoms. The van der Waals surface area contributed by atoms with Crippen molar-refractivity contribution in [3.8, 4) is 21.1 Å². The number of aromatic nitrogens is 5. The number of hydrogen-bond acceptors (Lipinski definition) is 7. The van der Waals surface area contributed by atoms with E-state index in [-0.39, 0.29) is 6.04 Å². The summed E-state index contributed by atoms with van der Waals surface area (Å²) in [5.74, 6) is 0.670. The van der Waals surface area contributed by atoms with Crippen LogP contribution in [0.3, 0.4) is 0 Å². The highest BCUT2D eigenvalue weighted by molar-refractivity contribution is 7.19. The molecule has 1 aliphatic heterocycles. The van der Waals surface area contributed by atoms with Crippen molar-refractivity contribution in [1.29, 1.82) is 0 Å². The number of aromatic amines is 1. The molecule has 9 heteroatoms. The summed E-state index contributed by atoms with van der Waals surface area (Å²) < 4.78 is 0. The number of benzene rings is 2. The Morgan fingerprint density at radius 3 is 2.60 bits per heavy atom. The summed E-state index contributed by atoms with van der Waals surface area (Å²) in [6.45, 7) is 11.8. The van der Waals surface area contributed by atoms with Crippen molar-refractivity contribution in [3.63, 3.8) is 0 Å². The fourth-order valence-corrected chi connectivity index (χ4v) is 6.00. The van der Waals surface area contributed by atoms with Gasteiger partial charge in [-0.1, -0.05) is 36.4 Å². The van der Waals surface area contributed by atoms with Crippen molar-refractivity contribution in [1.82, 2.24) is 35.6 Å². The van der Waals surface area contributed by atoms with Crippen LogP contribution in [0, 0.1) is 6.57 Å². The summed E-state index contributed by atoms with van der Waals surface area (Å²) in [6.07, 6.45) is 4.89. The molecule has 1 aliphatic rings. The van der Waals surface area contributed by atoms with Crippen LogP contribution in [0.15, 0.2) is 67.3 Å². The van der Waals surface area contributed by atoms with Gasteiger partial charge in [0.25, 0.3) is 0 Å². The van der Waals surface area contributed by atoms with E-state index in [2.05, 4.69) is 82.9 Å². The summed E-state index contributed by atoms with van der Waals surface area (Å²) in [6, 6.07) is 16.8. The van der Waals surface area contributed by atoms with Crippen molar-refractivity contribution in [3.05, 3.63) is 89.8 Å². The van der Waals surface area contributed by atoms with Crippen LogP contribution in [0.4, 0.5) is 5.69 Å². The van der Waals surface area contributed by atoms with Crippen molar-refractivity contribution in [2.45, 2.75) is 6.04 Å². The Kier molecular flexibility index (Phi) is 5.76. The highest BCUT2D eigenvalue weighted by Crippen LogP contribution is 2.51. The molecule has 3 aromatic heterocycles. The molecule has 0 aliphatic carbocycles. The Balaban J connectivity index is 1.62.